The van der Waals surface area contributed by atoms with Gasteiger partial charge in [0.15, 0.2) is 11.6 Å². The Kier molecular flexibility index (Phi) is 1.24. The number of carbonyl (C=O) groups is 2. The molecule has 0 aromatic heterocycles. The van der Waals surface area contributed by atoms with Gasteiger partial charge in [0.1, 0.15) is 0 Å². The fourth-order valence-corrected chi connectivity index (χ4v) is 1.04. The summed E-state index contributed by atoms with van der Waals surface area (Å²) in [5.41, 5.74) is 0.000000000000000222. The lowest BCUT2D eigenvalue weighted by atomic mass is 10.1. The molecular formula is C8H3FO3. The average Bonchev–Trinajstić information content (AvgIpc) is 2.32. The minimum Gasteiger partial charge on any atom is -0.417 e. The summed E-state index contributed by atoms with van der Waals surface area (Å²) in [4.78, 5) is 21.6. The summed E-state index contributed by atoms with van der Waals surface area (Å²) in [7, 11) is 0. The Morgan fingerprint density at radius 3 is 2.67 bits per heavy atom. The lowest BCUT2D eigenvalue weighted by molar-refractivity contribution is -0.128. The first-order chi connectivity index (χ1) is 5.70. The SMILES string of the molecule is O=C1Oc2c(F)cccc2C1=O. The van der Waals surface area contributed by atoms with Crippen molar-refractivity contribution in [1.82, 2.24) is 0 Å². The van der Waals surface area contributed by atoms with Crippen molar-refractivity contribution < 1.29 is 18.7 Å². The number of esters is 1. The normalized spacial score (nSPS) is 14.4. The van der Waals surface area contributed by atoms with E-state index in [2.05, 4.69) is 4.74 Å². The number of ether oxygens (including phenoxy) is 1. The van der Waals surface area contributed by atoms with Gasteiger partial charge in [-0.3, -0.25) is 4.79 Å². The maximum atomic E-state index is 12.8. The van der Waals surface area contributed by atoms with Gasteiger partial charge in [-0.1, -0.05) is 6.07 Å². The van der Waals surface area contributed by atoms with Gasteiger partial charge in [0.05, 0.1) is 5.56 Å². The third-order valence-corrected chi connectivity index (χ3v) is 1.59. The van der Waals surface area contributed by atoms with E-state index in [0.29, 0.717) is 0 Å². The van der Waals surface area contributed by atoms with Crippen molar-refractivity contribution in [2.45, 2.75) is 0 Å². The molecule has 0 saturated heterocycles. The lowest BCUT2D eigenvalue weighted by Gasteiger charge is -1.94. The fraction of sp³-hybridized carbons (Fsp3) is 0. The van der Waals surface area contributed by atoms with Crippen LogP contribution in [0.25, 0.3) is 0 Å². The van der Waals surface area contributed by atoms with E-state index in [1.807, 2.05) is 0 Å². The molecule has 1 aliphatic heterocycles. The first-order valence-electron chi connectivity index (χ1n) is 3.25. The Morgan fingerprint density at radius 2 is 2.00 bits per heavy atom. The Balaban J connectivity index is 2.68. The third-order valence-electron chi connectivity index (χ3n) is 1.59. The molecule has 0 fully saturated rings. The molecule has 60 valence electrons. The molecular weight excluding hydrogens is 163 g/mol. The van der Waals surface area contributed by atoms with Crippen molar-refractivity contribution in [3.05, 3.63) is 29.6 Å². The molecule has 4 heteroatoms. The largest absolute Gasteiger partial charge is 0.417 e. The van der Waals surface area contributed by atoms with Crippen molar-refractivity contribution in [2.24, 2.45) is 0 Å². The Hall–Kier alpha value is -1.71. The number of carbonyl (C=O) groups excluding carboxylic acids is 2. The predicted molar refractivity (Wildman–Crippen MR) is 36.4 cm³/mol. The van der Waals surface area contributed by atoms with Crippen LogP contribution in [0.5, 0.6) is 5.75 Å². The molecule has 1 aromatic carbocycles. The Morgan fingerprint density at radius 1 is 1.25 bits per heavy atom. The van der Waals surface area contributed by atoms with E-state index in [-0.39, 0.29) is 11.3 Å². The number of para-hydroxylation sites is 1. The number of Topliss-reactive ketones (excluding diaryl/α,β-unsaturated/α-hetero) is 1. The maximum Gasteiger partial charge on any atom is 0.385 e. The van der Waals surface area contributed by atoms with Crippen LogP contribution >= 0.6 is 0 Å². The summed E-state index contributed by atoms with van der Waals surface area (Å²) < 4.78 is 17.2. The Bertz CT molecular complexity index is 384. The van der Waals surface area contributed by atoms with Crippen molar-refractivity contribution in [1.29, 1.82) is 0 Å². The zero-order valence-electron chi connectivity index (χ0n) is 5.83. The molecule has 0 radical (unpaired) electrons. The molecule has 3 nitrogen and oxygen atoms in total. The van der Waals surface area contributed by atoms with Crippen LogP contribution in [0, 0.1) is 5.82 Å². The predicted octanol–water partition coefficient (Wildman–Crippen LogP) is 0.927. The summed E-state index contributed by atoms with van der Waals surface area (Å²) >= 11 is 0. The minimum atomic E-state index is -1.02. The summed E-state index contributed by atoms with van der Waals surface area (Å²) in [6.45, 7) is 0. The van der Waals surface area contributed by atoms with E-state index in [9.17, 15) is 14.0 Å². The number of benzene rings is 1. The summed E-state index contributed by atoms with van der Waals surface area (Å²) in [6.07, 6.45) is 0. The highest BCUT2D eigenvalue weighted by atomic mass is 19.1. The van der Waals surface area contributed by atoms with E-state index >= 15 is 0 Å². The molecule has 0 aliphatic carbocycles. The van der Waals surface area contributed by atoms with Gasteiger partial charge in [0.2, 0.25) is 0 Å². The number of hydrogen-bond acceptors (Lipinski definition) is 3. The van der Waals surface area contributed by atoms with Crippen molar-refractivity contribution in [3.8, 4) is 5.75 Å². The van der Waals surface area contributed by atoms with Crippen LogP contribution in [0.2, 0.25) is 0 Å². The van der Waals surface area contributed by atoms with Gasteiger partial charge in [-0.2, -0.15) is 0 Å². The fourth-order valence-electron chi connectivity index (χ4n) is 1.04. The number of rotatable bonds is 0. The van der Waals surface area contributed by atoms with E-state index < -0.39 is 17.6 Å². The molecule has 2 rings (SSSR count). The molecule has 12 heavy (non-hydrogen) atoms. The van der Waals surface area contributed by atoms with Crippen LogP contribution in [-0.4, -0.2) is 11.8 Å². The van der Waals surface area contributed by atoms with E-state index in [4.69, 9.17) is 0 Å². The number of fused-ring (bicyclic) bond motifs is 1. The van der Waals surface area contributed by atoms with Crippen LogP contribution < -0.4 is 4.74 Å². The van der Waals surface area contributed by atoms with Gasteiger partial charge in [-0.05, 0) is 12.1 Å². The molecule has 1 heterocycles. The topological polar surface area (TPSA) is 43.4 Å². The summed E-state index contributed by atoms with van der Waals surface area (Å²) in [5, 5.41) is 0. The lowest BCUT2D eigenvalue weighted by Crippen LogP contribution is -2.10. The second-order valence-corrected chi connectivity index (χ2v) is 2.34. The van der Waals surface area contributed by atoms with Crippen molar-refractivity contribution in [2.75, 3.05) is 0 Å². The monoisotopic (exact) mass is 166 g/mol. The molecule has 1 aliphatic rings. The van der Waals surface area contributed by atoms with Crippen LogP contribution in [-0.2, 0) is 4.79 Å². The first kappa shape index (κ1) is 6.97. The molecule has 0 atom stereocenters. The highest BCUT2D eigenvalue weighted by molar-refractivity contribution is 6.44. The van der Waals surface area contributed by atoms with Gasteiger partial charge < -0.3 is 4.74 Å². The molecule has 1 aromatic rings. The first-order valence-corrected chi connectivity index (χ1v) is 3.25. The standard InChI is InChI=1S/C8H3FO3/c9-5-3-1-2-4-6(10)8(11)12-7(4)5/h1-3H. The zero-order chi connectivity index (χ0) is 8.72. The second kappa shape index (κ2) is 2.14. The van der Waals surface area contributed by atoms with Crippen LogP contribution in [0.15, 0.2) is 18.2 Å². The summed E-state index contributed by atoms with van der Waals surface area (Å²) in [6, 6.07) is 3.84. The maximum absolute atomic E-state index is 12.8. The minimum absolute atomic E-state index is 0.000000000000000222. The molecule has 0 saturated carbocycles. The van der Waals surface area contributed by atoms with Gasteiger partial charge in [0.25, 0.3) is 5.78 Å². The van der Waals surface area contributed by atoms with Gasteiger partial charge in [-0.15, -0.1) is 0 Å². The van der Waals surface area contributed by atoms with Gasteiger partial charge in [0, 0.05) is 0 Å². The highest BCUT2D eigenvalue weighted by Crippen LogP contribution is 2.28. The molecule has 0 N–H and O–H groups in total. The molecule has 0 spiro atoms. The average molecular weight is 166 g/mol. The number of hydrogen-bond donors (Lipinski definition) is 0. The van der Waals surface area contributed by atoms with Gasteiger partial charge >= 0.3 is 5.97 Å². The van der Waals surface area contributed by atoms with E-state index in [0.717, 1.165) is 6.07 Å². The van der Waals surface area contributed by atoms with Gasteiger partial charge in [-0.25, -0.2) is 9.18 Å². The van der Waals surface area contributed by atoms with E-state index in [1.165, 1.54) is 12.1 Å². The number of halogens is 1. The van der Waals surface area contributed by atoms with Crippen LogP contribution in [0.4, 0.5) is 4.39 Å². The van der Waals surface area contributed by atoms with Crippen molar-refractivity contribution >= 4 is 11.8 Å². The van der Waals surface area contributed by atoms with Crippen LogP contribution in [0.3, 0.4) is 0 Å². The second-order valence-electron chi connectivity index (χ2n) is 2.34. The number of ketones is 1. The van der Waals surface area contributed by atoms with Crippen LogP contribution in [0.1, 0.15) is 10.4 Å². The molecule has 0 amide bonds. The molecule has 0 bridgehead atoms. The third kappa shape index (κ3) is 0.747. The quantitative estimate of drug-likeness (QED) is 0.327. The van der Waals surface area contributed by atoms with E-state index in [1.54, 1.807) is 0 Å². The van der Waals surface area contributed by atoms with Crippen molar-refractivity contribution in [3.63, 3.8) is 0 Å². The molecule has 0 unspecified atom stereocenters. The summed E-state index contributed by atoms with van der Waals surface area (Å²) in [5.74, 6) is -2.75. The Labute approximate surface area is 66.8 Å². The zero-order valence-corrected chi connectivity index (χ0v) is 5.83. The highest BCUT2D eigenvalue weighted by Gasteiger charge is 2.32. The smallest absolute Gasteiger partial charge is 0.385 e.